The molecule has 1 N–H and O–H groups in total. The van der Waals surface area contributed by atoms with E-state index in [4.69, 9.17) is 23.2 Å². The van der Waals surface area contributed by atoms with Crippen LogP contribution in [-0.4, -0.2) is 28.5 Å². The third-order valence-electron chi connectivity index (χ3n) is 4.22. The van der Waals surface area contributed by atoms with E-state index in [0.29, 0.717) is 0 Å². The normalized spacial score (nSPS) is 16.4. The molecule has 3 rings (SSSR count). The van der Waals surface area contributed by atoms with E-state index in [2.05, 4.69) is 4.72 Å². The zero-order valence-electron chi connectivity index (χ0n) is 14.9. The molecule has 0 atom stereocenters. The summed E-state index contributed by atoms with van der Waals surface area (Å²) in [6.07, 6.45) is -0.102. The minimum atomic E-state index is -4.04. The van der Waals surface area contributed by atoms with Crippen LogP contribution in [0.25, 0.3) is 0 Å². The molecule has 1 saturated heterocycles. The van der Waals surface area contributed by atoms with Crippen LogP contribution < -0.4 is 9.03 Å². The molecule has 28 heavy (non-hydrogen) atoms. The van der Waals surface area contributed by atoms with Gasteiger partial charge in [-0.25, -0.2) is 21.1 Å². The number of hydrogen-bond acceptors (Lipinski definition) is 5. The van der Waals surface area contributed by atoms with Gasteiger partial charge in [0.05, 0.1) is 32.1 Å². The molecule has 0 radical (unpaired) electrons. The van der Waals surface area contributed by atoms with E-state index >= 15 is 0 Å². The van der Waals surface area contributed by atoms with E-state index in [1.807, 2.05) is 0 Å². The van der Waals surface area contributed by atoms with E-state index in [1.54, 1.807) is 6.07 Å². The monoisotopic (exact) mass is 462 g/mol. The van der Waals surface area contributed by atoms with Gasteiger partial charge >= 0.3 is 0 Å². The van der Waals surface area contributed by atoms with Gasteiger partial charge in [0.15, 0.2) is 0 Å². The zero-order valence-corrected chi connectivity index (χ0v) is 18.0. The molecule has 11 heteroatoms. The predicted molar refractivity (Wildman–Crippen MR) is 109 cm³/mol. The van der Waals surface area contributed by atoms with Crippen molar-refractivity contribution in [3.8, 4) is 0 Å². The van der Waals surface area contributed by atoms with Crippen LogP contribution in [0, 0.1) is 13.8 Å². The Kier molecular flexibility index (Phi) is 5.39. The molecule has 1 heterocycles. The van der Waals surface area contributed by atoms with E-state index in [1.165, 1.54) is 38.1 Å². The third-order valence-corrected chi connectivity index (χ3v) is 8.40. The van der Waals surface area contributed by atoms with Crippen LogP contribution in [0.4, 0.5) is 11.4 Å². The fraction of sp³-hybridized carbons (Fsp3) is 0.235. The number of halogens is 2. The largest absolute Gasteiger partial charge is 0.278 e. The molecule has 7 nitrogen and oxygen atoms in total. The minimum absolute atomic E-state index is 0.0312. The summed E-state index contributed by atoms with van der Waals surface area (Å²) >= 11 is 12.0. The van der Waals surface area contributed by atoms with Crippen LogP contribution in [-0.2, 0) is 24.8 Å². The number of amides is 1. The second-order valence-corrected chi connectivity index (χ2v) is 10.7. The van der Waals surface area contributed by atoms with Crippen LogP contribution in [0.3, 0.4) is 0 Å². The highest BCUT2D eigenvalue weighted by molar-refractivity contribution is 7.94. The number of carbonyl (C=O) groups excluding carboxylic acids is 1. The SMILES string of the molecule is Cc1cc(N2C(=O)CCS2(=O)=O)cc(C)c1S(=O)(=O)Nc1cccc(Cl)c1Cl. The highest BCUT2D eigenvalue weighted by Gasteiger charge is 2.37. The summed E-state index contributed by atoms with van der Waals surface area (Å²) < 4.78 is 53.2. The number of nitrogens with zero attached hydrogens (tertiary/aromatic N) is 1. The van der Waals surface area contributed by atoms with Gasteiger partial charge in [-0.2, -0.15) is 0 Å². The fourth-order valence-corrected chi connectivity index (χ4v) is 6.49. The molecule has 150 valence electrons. The maximum absolute atomic E-state index is 12.9. The van der Waals surface area contributed by atoms with E-state index in [-0.39, 0.29) is 49.6 Å². The smallest absolute Gasteiger partial charge is 0.262 e. The number of aryl methyl sites for hydroxylation is 2. The zero-order chi connectivity index (χ0) is 20.9. The standard InChI is InChI=1S/C17H16Cl2N2O5S2/c1-10-8-12(21-15(22)6-7-27(21,23)24)9-11(2)17(10)28(25,26)20-14-5-3-4-13(18)16(14)19/h3-5,8-9,20H,6-7H2,1-2H3. The third kappa shape index (κ3) is 3.71. The first-order chi connectivity index (χ1) is 12.9. The topological polar surface area (TPSA) is 101 Å². The number of hydrogen-bond donors (Lipinski definition) is 1. The summed E-state index contributed by atoms with van der Waals surface area (Å²) in [5.74, 6) is -0.808. The van der Waals surface area contributed by atoms with Crippen molar-refractivity contribution in [2.75, 3.05) is 14.8 Å². The van der Waals surface area contributed by atoms with Crippen molar-refractivity contribution in [3.05, 3.63) is 51.5 Å². The molecular formula is C17H16Cl2N2O5S2. The van der Waals surface area contributed by atoms with Crippen molar-refractivity contribution in [1.82, 2.24) is 0 Å². The lowest BCUT2D eigenvalue weighted by molar-refractivity contribution is -0.116. The van der Waals surface area contributed by atoms with Crippen LogP contribution in [0.2, 0.25) is 10.0 Å². The molecule has 0 saturated carbocycles. The van der Waals surface area contributed by atoms with Crippen molar-refractivity contribution in [3.63, 3.8) is 0 Å². The highest BCUT2D eigenvalue weighted by atomic mass is 35.5. The van der Waals surface area contributed by atoms with Gasteiger partial charge in [0.25, 0.3) is 10.0 Å². The van der Waals surface area contributed by atoms with Gasteiger partial charge in [-0.3, -0.25) is 9.52 Å². The molecule has 2 aromatic rings. The summed E-state index contributed by atoms with van der Waals surface area (Å²) in [7, 11) is -7.79. The molecule has 0 unspecified atom stereocenters. The van der Waals surface area contributed by atoms with Gasteiger partial charge in [0.1, 0.15) is 0 Å². The molecule has 1 amide bonds. The summed E-state index contributed by atoms with van der Waals surface area (Å²) in [5.41, 5.74) is 0.817. The molecule has 1 aliphatic heterocycles. The first-order valence-corrected chi connectivity index (χ1v) is 11.9. The molecular weight excluding hydrogens is 447 g/mol. The minimum Gasteiger partial charge on any atom is -0.278 e. The summed E-state index contributed by atoms with van der Waals surface area (Å²) in [4.78, 5) is 12.0. The number of rotatable bonds is 4. The lowest BCUT2D eigenvalue weighted by Crippen LogP contribution is -2.29. The van der Waals surface area contributed by atoms with Crippen LogP contribution >= 0.6 is 23.2 Å². The molecule has 0 aliphatic carbocycles. The quantitative estimate of drug-likeness (QED) is 0.749. The lowest BCUT2D eigenvalue weighted by Gasteiger charge is -2.19. The first-order valence-electron chi connectivity index (χ1n) is 8.08. The van der Waals surface area contributed by atoms with Crippen molar-refractivity contribution in [1.29, 1.82) is 0 Å². The second kappa shape index (κ2) is 7.22. The van der Waals surface area contributed by atoms with Crippen LogP contribution in [0.15, 0.2) is 35.2 Å². The Labute approximate surface area is 173 Å². The summed E-state index contributed by atoms with van der Waals surface area (Å²) in [6.45, 7) is 3.05. The van der Waals surface area contributed by atoms with Gasteiger partial charge in [-0.05, 0) is 49.2 Å². The Balaban J connectivity index is 2.06. The lowest BCUT2D eigenvalue weighted by atomic mass is 10.1. The van der Waals surface area contributed by atoms with E-state index in [9.17, 15) is 21.6 Å². The Hall–Kier alpha value is -1.81. The molecule has 1 fully saturated rings. The Bertz CT molecular complexity index is 1170. The Morgan fingerprint density at radius 1 is 1.11 bits per heavy atom. The van der Waals surface area contributed by atoms with E-state index < -0.39 is 26.0 Å². The van der Waals surface area contributed by atoms with Crippen molar-refractivity contribution in [2.24, 2.45) is 0 Å². The van der Waals surface area contributed by atoms with Gasteiger partial charge in [-0.1, -0.05) is 29.3 Å². The predicted octanol–water partition coefficient (Wildman–Crippen LogP) is 3.48. The molecule has 0 spiro atoms. The van der Waals surface area contributed by atoms with Gasteiger partial charge in [0, 0.05) is 6.42 Å². The average molecular weight is 463 g/mol. The number of nitrogens with one attached hydrogen (secondary N) is 1. The first kappa shape index (κ1) is 20.9. The second-order valence-electron chi connectivity index (χ2n) is 6.34. The van der Waals surface area contributed by atoms with Crippen molar-refractivity contribution < 1.29 is 21.6 Å². The van der Waals surface area contributed by atoms with Crippen LogP contribution in [0.5, 0.6) is 0 Å². The van der Waals surface area contributed by atoms with Crippen LogP contribution in [0.1, 0.15) is 17.5 Å². The van der Waals surface area contributed by atoms with Gasteiger partial charge in [-0.15, -0.1) is 0 Å². The van der Waals surface area contributed by atoms with Gasteiger partial charge in [0.2, 0.25) is 15.9 Å². The number of benzene rings is 2. The Morgan fingerprint density at radius 3 is 2.25 bits per heavy atom. The molecule has 1 aliphatic rings. The number of carbonyl (C=O) groups is 1. The fourth-order valence-electron chi connectivity index (χ4n) is 3.12. The van der Waals surface area contributed by atoms with Crippen molar-refractivity contribution >= 4 is 60.5 Å². The Morgan fingerprint density at radius 2 is 1.71 bits per heavy atom. The molecule has 0 bridgehead atoms. The maximum atomic E-state index is 12.9. The average Bonchev–Trinajstić information content (AvgIpc) is 2.83. The maximum Gasteiger partial charge on any atom is 0.262 e. The van der Waals surface area contributed by atoms with Crippen molar-refractivity contribution in [2.45, 2.75) is 25.2 Å². The number of sulfonamides is 2. The summed E-state index contributed by atoms with van der Waals surface area (Å²) in [6, 6.07) is 7.28. The highest BCUT2D eigenvalue weighted by Crippen LogP contribution is 2.34. The van der Waals surface area contributed by atoms with Gasteiger partial charge < -0.3 is 0 Å². The summed E-state index contributed by atoms with van der Waals surface area (Å²) in [5, 5.41) is 0.261. The number of anilines is 2. The van der Waals surface area contributed by atoms with E-state index in [0.717, 1.165) is 4.31 Å². The molecule has 2 aromatic carbocycles. The molecule has 0 aromatic heterocycles.